The number of nitrogens with zero attached hydrogens (tertiary/aromatic N) is 5. The van der Waals surface area contributed by atoms with Crippen molar-refractivity contribution in [1.29, 1.82) is 0 Å². The summed E-state index contributed by atoms with van der Waals surface area (Å²) >= 11 is 0. The van der Waals surface area contributed by atoms with Crippen molar-refractivity contribution in [3.05, 3.63) is 28.9 Å². The third-order valence-corrected chi connectivity index (χ3v) is 0.729. The van der Waals surface area contributed by atoms with Gasteiger partial charge in [0.2, 0.25) is 0 Å². The summed E-state index contributed by atoms with van der Waals surface area (Å²) in [6, 6.07) is 1.58. The first-order chi connectivity index (χ1) is 4.43. The molecule has 5 nitrogen and oxygen atoms in total. The Morgan fingerprint density at radius 2 is 2.44 bits per heavy atom. The predicted octanol–water partition coefficient (Wildman–Crippen LogP) is 1.42. The lowest BCUT2D eigenvalue weighted by molar-refractivity contribution is 1.03. The quantitative estimate of drug-likeness (QED) is 0.320. The van der Waals surface area contributed by atoms with E-state index in [-0.39, 0.29) is 0 Å². The molecule has 0 aromatic carbocycles. The Morgan fingerprint density at radius 3 is 3.00 bits per heavy atom. The van der Waals surface area contributed by atoms with Crippen LogP contribution in [0.1, 0.15) is 0 Å². The number of rotatable bonds is 1. The highest BCUT2D eigenvalue weighted by atomic mass is 15.2. The van der Waals surface area contributed by atoms with Gasteiger partial charge in [0.05, 0.1) is 18.1 Å². The van der Waals surface area contributed by atoms with Crippen molar-refractivity contribution in [2.45, 2.75) is 0 Å². The standard InChI is InChI=1S/C4H3N5/c5-9-8-4-1-2-6-7-3-4/h1-3H. The Balaban J connectivity index is 2.97. The fourth-order valence-corrected chi connectivity index (χ4v) is 0.395. The molecule has 1 aromatic heterocycles. The van der Waals surface area contributed by atoms with Gasteiger partial charge in [-0.15, -0.1) is 0 Å². The first-order valence-electron chi connectivity index (χ1n) is 2.25. The second-order valence-electron chi connectivity index (χ2n) is 1.29. The van der Waals surface area contributed by atoms with Crippen LogP contribution in [0.4, 0.5) is 5.69 Å². The second-order valence-corrected chi connectivity index (χ2v) is 1.29. The number of hydrogen-bond donors (Lipinski definition) is 0. The molecule has 0 radical (unpaired) electrons. The van der Waals surface area contributed by atoms with Crippen molar-refractivity contribution in [3.63, 3.8) is 0 Å². The minimum Gasteiger partial charge on any atom is -0.159 e. The summed E-state index contributed by atoms with van der Waals surface area (Å²) in [6.07, 6.45) is 2.85. The molecule has 0 saturated heterocycles. The molecule has 0 spiro atoms. The molecule has 0 unspecified atom stereocenters. The molecule has 1 aromatic rings. The van der Waals surface area contributed by atoms with Gasteiger partial charge in [0, 0.05) is 4.91 Å². The molecule has 0 aliphatic heterocycles. The van der Waals surface area contributed by atoms with Gasteiger partial charge in [-0.1, -0.05) is 5.11 Å². The molecule has 0 saturated carbocycles. The summed E-state index contributed by atoms with van der Waals surface area (Å²) in [6.45, 7) is 0. The second kappa shape index (κ2) is 2.64. The van der Waals surface area contributed by atoms with E-state index in [0.717, 1.165) is 0 Å². The highest BCUT2D eigenvalue weighted by Gasteiger charge is 1.81. The van der Waals surface area contributed by atoms with Crippen LogP contribution in [0.15, 0.2) is 23.6 Å². The van der Waals surface area contributed by atoms with E-state index in [0.29, 0.717) is 5.69 Å². The summed E-state index contributed by atoms with van der Waals surface area (Å²) in [5, 5.41) is 10.3. The van der Waals surface area contributed by atoms with E-state index in [1.165, 1.54) is 12.4 Å². The van der Waals surface area contributed by atoms with Gasteiger partial charge in [0.15, 0.2) is 0 Å². The van der Waals surface area contributed by atoms with Crippen molar-refractivity contribution in [2.75, 3.05) is 0 Å². The molecule has 0 N–H and O–H groups in total. The Labute approximate surface area is 51.0 Å². The maximum atomic E-state index is 7.93. The lowest BCUT2D eigenvalue weighted by atomic mass is 10.5. The Bertz CT molecular complexity index is 224. The zero-order valence-corrected chi connectivity index (χ0v) is 4.47. The first kappa shape index (κ1) is 5.53. The fraction of sp³-hybridized carbons (Fsp3) is 0. The van der Waals surface area contributed by atoms with E-state index < -0.39 is 0 Å². The Hall–Kier alpha value is -1.61. The van der Waals surface area contributed by atoms with Crippen molar-refractivity contribution in [3.8, 4) is 0 Å². The van der Waals surface area contributed by atoms with Gasteiger partial charge in [-0.3, -0.25) is 0 Å². The van der Waals surface area contributed by atoms with Crippen LogP contribution >= 0.6 is 0 Å². The molecule has 0 amide bonds. The average molecular weight is 121 g/mol. The van der Waals surface area contributed by atoms with Gasteiger partial charge in [-0.05, 0) is 11.6 Å². The normalized spacial score (nSPS) is 8.00. The molecule has 0 atom stereocenters. The van der Waals surface area contributed by atoms with Crippen LogP contribution in [0, 0.1) is 0 Å². The molecule has 0 bridgehead atoms. The van der Waals surface area contributed by atoms with E-state index in [2.05, 4.69) is 20.2 Å². The molecular formula is C4H3N5. The molecule has 0 aliphatic carbocycles. The first-order valence-corrected chi connectivity index (χ1v) is 2.25. The zero-order chi connectivity index (χ0) is 6.53. The topological polar surface area (TPSA) is 74.5 Å². The average Bonchev–Trinajstić information content (AvgIpc) is 1.91. The Morgan fingerprint density at radius 1 is 1.56 bits per heavy atom. The van der Waals surface area contributed by atoms with E-state index >= 15 is 0 Å². The van der Waals surface area contributed by atoms with Crippen LogP contribution in [0.5, 0.6) is 0 Å². The summed E-state index contributed by atoms with van der Waals surface area (Å²) in [7, 11) is 0. The van der Waals surface area contributed by atoms with Gasteiger partial charge in [0.1, 0.15) is 0 Å². The summed E-state index contributed by atoms with van der Waals surface area (Å²) in [5.74, 6) is 0. The van der Waals surface area contributed by atoms with Crippen LogP contribution < -0.4 is 0 Å². The lowest BCUT2D eigenvalue weighted by Gasteiger charge is -1.82. The van der Waals surface area contributed by atoms with E-state index in [4.69, 9.17) is 5.53 Å². The van der Waals surface area contributed by atoms with Crippen molar-refractivity contribution in [2.24, 2.45) is 5.11 Å². The molecule has 0 aliphatic rings. The SMILES string of the molecule is [N-]=[N+]=Nc1ccnnc1. The third-order valence-electron chi connectivity index (χ3n) is 0.729. The Kier molecular flexibility index (Phi) is 1.62. The number of aromatic nitrogens is 2. The van der Waals surface area contributed by atoms with Crippen LogP contribution in [0.25, 0.3) is 10.4 Å². The third kappa shape index (κ3) is 1.40. The highest BCUT2D eigenvalue weighted by molar-refractivity contribution is 5.29. The lowest BCUT2D eigenvalue weighted by Crippen LogP contribution is -1.72. The van der Waals surface area contributed by atoms with Crippen molar-refractivity contribution in [1.82, 2.24) is 10.2 Å². The minimum absolute atomic E-state index is 0.479. The van der Waals surface area contributed by atoms with Crippen LogP contribution in [-0.2, 0) is 0 Å². The molecule has 1 rings (SSSR count). The van der Waals surface area contributed by atoms with E-state index in [1.807, 2.05) is 0 Å². The van der Waals surface area contributed by atoms with Gasteiger partial charge in [-0.2, -0.15) is 10.2 Å². The van der Waals surface area contributed by atoms with Crippen LogP contribution in [0.2, 0.25) is 0 Å². The highest BCUT2D eigenvalue weighted by Crippen LogP contribution is 2.05. The zero-order valence-electron chi connectivity index (χ0n) is 4.47. The van der Waals surface area contributed by atoms with E-state index in [1.54, 1.807) is 6.07 Å². The predicted molar refractivity (Wildman–Crippen MR) is 30.8 cm³/mol. The number of azide groups is 1. The fourth-order valence-electron chi connectivity index (χ4n) is 0.395. The van der Waals surface area contributed by atoms with E-state index in [9.17, 15) is 0 Å². The monoisotopic (exact) mass is 121 g/mol. The molecular weight excluding hydrogens is 118 g/mol. The van der Waals surface area contributed by atoms with Crippen molar-refractivity contribution >= 4 is 5.69 Å². The van der Waals surface area contributed by atoms with Gasteiger partial charge >= 0.3 is 0 Å². The maximum absolute atomic E-state index is 7.93. The largest absolute Gasteiger partial charge is 0.159 e. The summed E-state index contributed by atoms with van der Waals surface area (Å²) in [4.78, 5) is 2.56. The van der Waals surface area contributed by atoms with Crippen molar-refractivity contribution < 1.29 is 0 Å². The van der Waals surface area contributed by atoms with Gasteiger partial charge in [0.25, 0.3) is 0 Å². The summed E-state index contributed by atoms with van der Waals surface area (Å²) in [5.41, 5.74) is 8.41. The number of hydrogen-bond acceptors (Lipinski definition) is 3. The smallest absolute Gasteiger partial charge is 0.0592 e. The minimum atomic E-state index is 0.479. The molecule has 44 valence electrons. The molecule has 0 fully saturated rings. The van der Waals surface area contributed by atoms with Crippen LogP contribution in [-0.4, -0.2) is 10.2 Å². The molecule has 9 heavy (non-hydrogen) atoms. The summed E-state index contributed by atoms with van der Waals surface area (Å²) < 4.78 is 0. The maximum Gasteiger partial charge on any atom is 0.0592 e. The molecule has 5 heteroatoms. The van der Waals surface area contributed by atoms with Gasteiger partial charge < -0.3 is 0 Å². The van der Waals surface area contributed by atoms with Crippen LogP contribution in [0.3, 0.4) is 0 Å². The molecule has 1 heterocycles. The van der Waals surface area contributed by atoms with Gasteiger partial charge in [-0.25, -0.2) is 0 Å².